The molecule has 0 aliphatic rings. The van der Waals surface area contributed by atoms with Gasteiger partial charge in [0, 0.05) is 5.88 Å². The molecule has 0 aromatic carbocycles. The van der Waals surface area contributed by atoms with E-state index in [1.807, 2.05) is 6.08 Å². The monoisotopic (exact) mass is 132 g/mol. The average Bonchev–Trinajstić information content (AvgIpc) is 1.83. The summed E-state index contributed by atoms with van der Waals surface area (Å²) >= 11 is 5.42. The van der Waals surface area contributed by atoms with Gasteiger partial charge in [0.25, 0.3) is 0 Å². The van der Waals surface area contributed by atoms with Crippen molar-refractivity contribution in [1.82, 2.24) is 0 Å². The van der Waals surface area contributed by atoms with Crippen LogP contribution < -0.4 is 0 Å². The second-order valence-electron chi connectivity index (χ2n) is 1.97. The number of hydrogen-bond acceptors (Lipinski definition) is 0. The van der Waals surface area contributed by atoms with Crippen LogP contribution in [0, 0.1) is 5.92 Å². The molecule has 0 spiro atoms. The molecule has 0 bridgehead atoms. The van der Waals surface area contributed by atoms with Crippen LogP contribution in [0.2, 0.25) is 0 Å². The smallest absolute Gasteiger partial charge is 0.0404 e. The van der Waals surface area contributed by atoms with Crippen molar-refractivity contribution in [3.63, 3.8) is 0 Å². The highest BCUT2D eigenvalue weighted by Gasteiger charge is 1.87. The zero-order valence-corrected chi connectivity index (χ0v) is 6.28. The van der Waals surface area contributed by atoms with Crippen molar-refractivity contribution in [3.05, 3.63) is 12.2 Å². The van der Waals surface area contributed by atoms with E-state index in [1.165, 1.54) is 6.42 Å². The Morgan fingerprint density at radius 2 is 2.25 bits per heavy atom. The summed E-state index contributed by atoms with van der Waals surface area (Å²) in [5.41, 5.74) is 0. The molecule has 0 rings (SSSR count). The quantitative estimate of drug-likeness (QED) is 0.409. The maximum atomic E-state index is 5.42. The van der Waals surface area contributed by atoms with Crippen LogP contribution >= 0.6 is 11.6 Å². The van der Waals surface area contributed by atoms with Gasteiger partial charge in [-0.1, -0.05) is 32.4 Å². The highest BCUT2D eigenvalue weighted by molar-refractivity contribution is 6.18. The van der Waals surface area contributed by atoms with Crippen LogP contribution in [0.4, 0.5) is 0 Å². The van der Waals surface area contributed by atoms with Gasteiger partial charge < -0.3 is 0 Å². The van der Waals surface area contributed by atoms with E-state index in [2.05, 4.69) is 19.9 Å². The van der Waals surface area contributed by atoms with Gasteiger partial charge in [-0.25, -0.2) is 0 Å². The van der Waals surface area contributed by atoms with Gasteiger partial charge in [0.2, 0.25) is 0 Å². The van der Waals surface area contributed by atoms with Crippen molar-refractivity contribution in [2.24, 2.45) is 5.92 Å². The summed E-state index contributed by atoms with van der Waals surface area (Å²) in [6, 6.07) is 0. The Bertz CT molecular complexity index is 66.8. The molecule has 48 valence electrons. The number of alkyl halides is 1. The molecule has 0 N–H and O–H groups in total. The van der Waals surface area contributed by atoms with Crippen molar-refractivity contribution < 1.29 is 0 Å². The Labute approximate surface area is 56.5 Å². The van der Waals surface area contributed by atoms with E-state index in [-0.39, 0.29) is 0 Å². The molecule has 0 aromatic rings. The summed E-state index contributed by atoms with van der Waals surface area (Å²) in [6.07, 6.45) is 5.34. The van der Waals surface area contributed by atoms with Crippen molar-refractivity contribution in [3.8, 4) is 0 Å². The molecule has 0 heterocycles. The first-order valence-electron chi connectivity index (χ1n) is 3.03. The van der Waals surface area contributed by atoms with Gasteiger partial charge in [-0.15, -0.1) is 11.6 Å². The second-order valence-corrected chi connectivity index (χ2v) is 2.28. The number of rotatable bonds is 3. The number of halogens is 1. The van der Waals surface area contributed by atoms with Gasteiger partial charge in [-0.05, 0) is 5.92 Å². The molecule has 0 fully saturated rings. The van der Waals surface area contributed by atoms with Gasteiger partial charge in [0.05, 0.1) is 0 Å². The Kier molecular flexibility index (Phi) is 5.19. The fourth-order valence-electron chi connectivity index (χ4n) is 0.420. The second kappa shape index (κ2) is 5.17. The lowest BCUT2D eigenvalue weighted by molar-refractivity contribution is 0.697. The molecule has 0 saturated heterocycles. The molecule has 1 atom stereocenters. The van der Waals surface area contributed by atoms with E-state index < -0.39 is 0 Å². The van der Waals surface area contributed by atoms with Crippen LogP contribution in [0.5, 0.6) is 0 Å². The topological polar surface area (TPSA) is 0 Å². The van der Waals surface area contributed by atoms with E-state index in [1.54, 1.807) is 0 Å². The van der Waals surface area contributed by atoms with E-state index in [0.29, 0.717) is 11.8 Å². The van der Waals surface area contributed by atoms with E-state index >= 15 is 0 Å². The number of hydrogen-bond donors (Lipinski definition) is 0. The van der Waals surface area contributed by atoms with Gasteiger partial charge in [0.1, 0.15) is 0 Å². The molecule has 1 heteroatoms. The van der Waals surface area contributed by atoms with Crippen LogP contribution in [-0.2, 0) is 0 Å². The van der Waals surface area contributed by atoms with Gasteiger partial charge in [0.15, 0.2) is 0 Å². The Balaban J connectivity index is 3.21. The third-order valence-electron chi connectivity index (χ3n) is 1.20. The molecule has 0 aliphatic carbocycles. The minimum Gasteiger partial charge on any atom is -0.122 e. The summed E-state index contributed by atoms with van der Waals surface area (Å²) in [7, 11) is 0. The van der Waals surface area contributed by atoms with E-state index in [0.717, 1.165) is 0 Å². The van der Waals surface area contributed by atoms with Crippen LogP contribution in [0.25, 0.3) is 0 Å². The molecular weight excluding hydrogens is 120 g/mol. The van der Waals surface area contributed by atoms with Crippen molar-refractivity contribution in [2.75, 3.05) is 5.88 Å². The van der Waals surface area contributed by atoms with Crippen LogP contribution in [0.3, 0.4) is 0 Å². The maximum Gasteiger partial charge on any atom is 0.0404 e. The third kappa shape index (κ3) is 4.20. The Hall–Kier alpha value is 0.0300. The predicted octanol–water partition coefficient (Wildman–Crippen LogP) is 2.83. The minimum absolute atomic E-state index is 0.643. The summed E-state index contributed by atoms with van der Waals surface area (Å²) < 4.78 is 0. The van der Waals surface area contributed by atoms with Gasteiger partial charge in [-0.3, -0.25) is 0 Å². The summed E-state index contributed by atoms with van der Waals surface area (Å²) in [6.45, 7) is 4.35. The van der Waals surface area contributed by atoms with E-state index in [4.69, 9.17) is 11.6 Å². The fourth-order valence-corrected chi connectivity index (χ4v) is 0.523. The Morgan fingerprint density at radius 3 is 2.62 bits per heavy atom. The minimum atomic E-state index is 0.643. The van der Waals surface area contributed by atoms with Crippen LogP contribution in [0.15, 0.2) is 12.2 Å². The summed E-state index contributed by atoms with van der Waals surface area (Å²) in [4.78, 5) is 0. The highest BCUT2D eigenvalue weighted by Crippen LogP contribution is 2.01. The summed E-state index contributed by atoms with van der Waals surface area (Å²) in [5, 5.41) is 0. The molecule has 0 amide bonds. The standard InChI is InChI=1S/C7H13Cl/c1-3-7(2)5-4-6-8/h4-5,7H,3,6H2,1-2H3/b5-4+. The van der Waals surface area contributed by atoms with Gasteiger partial charge >= 0.3 is 0 Å². The Morgan fingerprint density at radius 1 is 1.62 bits per heavy atom. The largest absolute Gasteiger partial charge is 0.122 e. The molecule has 8 heavy (non-hydrogen) atoms. The van der Waals surface area contributed by atoms with Crippen molar-refractivity contribution in [1.29, 1.82) is 0 Å². The van der Waals surface area contributed by atoms with Crippen molar-refractivity contribution >= 4 is 11.6 Å². The van der Waals surface area contributed by atoms with Crippen molar-refractivity contribution in [2.45, 2.75) is 20.3 Å². The first-order valence-corrected chi connectivity index (χ1v) is 3.57. The van der Waals surface area contributed by atoms with E-state index in [9.17, 15) is 0 Å². The predicted molar refractivity (Wildman–Crippen MR) is 39.3 cm³/mol. The number of allylic oxidation sites excluding steroid dienone is 2. The maximum absolute atomic E-state index is 5.42. The van der Waals surface area contributed by atoms with Crippen LogP contribution in [-0.4, -0.2) is 5.88 Å². The molecule has 0 saturated carbocycles. The van der Waals surface area contributed by atoms with Crippen LogP contribution in [0.1, 0.15) is 20.3 Å². The lowest BCUT2D eigenvalue weighted by Gasteiger charge is -1.96. The average molecular weight is 133 g/mol. The third-order valence-corrected chi connectivity index (χ3v) is 1.38. The lowest BCUT2D eigenvalue weighted by Crippen LogP contribution is -1.83. The molecule has 0 radical (unpaired) electrons. The molecule has 0 aromatic heterocycles. The first-order chi connectivity index (χ1) is 3.81. The summed E-state index contributed by atoms with van der Waals surface area (Å²) in [5.74, 6) is 1.33. The molecule has 0 aliphatic heterocycles. The fraction of sp³-hybridized carbons (Fsp3) is 0.714. The first kappa shape index (κ1) is 8.03. The molecular formula is C7H13Cl. The van der Waals surface area contributed by atoms with Gasteiger partial charge in [-0.2, -0.15) is 0 Å². The zero-order chi connectivity index (χ0) is 6.41. The lowest BCUT2D eigenvalue weighted by atomic mass is 10.1. The highest BCUT2D eigenvalue weighted by atomic mass is 35.5. The zero-order valence-electron chi connectivity index (χ0n) is 5.52. The SMILES string of the molecule is CCC(C)/C=C/CCl. The normalized spacial score (nSPS) is 14.9. The molecule has 0 nitrogen and oxygen atoms in total. The molecule has 1 unspecified atom stereocenters.